The van der Waals surface area contributed by atoms with E-state index in [1.165, 1.54) is 11.0 Å². The van der Waals surface area contributed by atoms with Crippen molar-refractivity contribution in [3.8, 4) is 0 Å². The van der Waals surface area contributed by atoms with Crippen molar-refractivity contribution in [2.75, 3.05) is 6.54 Å². The van der Waals surface area contributed by atoms with Gasteiger partial charge in [0.1, 0.15) is 11.0 Å². The molecule has 1 fully saturated rings. The predicted octanol–water partition coefficient (Wildman–Crippen LogP) is 1.27. The summed E-state index contributed by atoms with van der Waals surface area (Å²) in [5.41, 5.74) is 0. The minimum atomic E-state index is -1.07. The Kier molecular flexibility index (Phi) is 3.50. The van der Waals surface area contributed by atoms with Crippen LogP contribution in [0.15, 0.2) is 16.5 Å². The van der Waals surface area contributed by atoms with Gasteiger partial charge in [-0.15, -0.1) is 0 Å². The molecule has 0 radical (unpaired) electrons. The molecule has 1 aromatic rings. The zero-order chi connectivity index (χ0) is 14.0. The quantitative estimate of drug-likeness (QED) is 0.652. The second kappa shape index (κ2) is 5.09. The first-order chi connectivity index (χ1) is 9.00. The summed E-state index contributed by atoms with van der Waals surface area (Å²) in [4.78, 5) is 34.1. The van der Waals surface area contributed by atoms with E-state index in [0.29, 0.717) is 19.4 Å². The lowest BCUT2D eigenvalue weighted by Crippen LogP contribution is -2.47. The van der Waals surface area contributed by atoms with E-state index in [1.807, 2.05) is 0 Å². The lowest BCUT2D eigenvalue weighted by Gasteiger charge is -2.32. The largest absolute Gasteiger partial charge is 0.480 e. The number of likely N-dealkylation sites (tertiary alicyclic amines) is 1. The molecule has 8 heteroatoms. The number of nitrogens with zero attached hydrogens (tertiary/aromatic N) is 2. The number of hydrogen-bond acceptors (Lipinski definition) is 5. The van der Waals surface area contributed by atoms with E-state index in [2.05, 4.69) is 0 Å². The van der Waals surface area contributed by atoms with Gasteiger partial charge in [-0.05, 0) is 25.3 Å². The molecule has 1 aliphatic heterocycles. The molecule has 19 heavy (non-hydrogen) atoms. The first-order valence-corrected chi connectivity index (χ1v) is 5.78. The lowest BCUT2D eigenvalue weighted by atomic mass is 10.0. The Balaban J connectivity index is 2.21. The van der Waals surface area contributed by atoms with E-state index < -0.39 is 28.7 Å². The van der Waals surface area contributed by atoms with E-state index in [0.717, 1.165) is 12.5 Å². The molecular formula is C11H12N2O6. The number of hydrogen-bond donors (Lipinski definition) is 1. The molecule has 102 valence electrons. The summed E-state index contributed by atoms with van der Waals surface area (Å²) in [7, 11) is 0. The second-order valence-electron chi connectivity index (χ2n) is 4.24. The van der Waals surface area contributed by atoms with Crippen LogP contribution in [0.4, 0.5) is 5.88 Å². The number of amides is 1. The number of carboxylic acids is 1. The molecular weight excluding hydrogens is 256 g/mol. The Morgan fingerprint density at radius 3 is 2.74 bits per heavy atom. The topological polar surface area (TPSA) is 114 Å². The van der Waals surface area contributed by atoms with Crippen LogP contribution in [0, 0.1) is 10.1 Å². The van der Waals surface area contributed by atoms with Crippen LogP contribution >= 0.6 is 0 Å². The van der Waals surface area contributed by atoms with Crippen molar-refractivity contribution in [3.63, 3.8) is 0 Å². The maximum atomic E-state index is 12.1. The third-order valence-corrected chi connectivity index (χ3v) is 3.03. The number of nitro groups is 1. The summed E-state index contributed by atoms with van der Waals surface area (Å²) in [6.07, 6.45) is 1.82. The summed E-state index contributed by atoms with van der Waals surface area (Å²) in [6.45, 7) is 0.310. The number of carboxylic acid groups (broad SMARTS) is 1. The van der Waals surface area contributed by atoms with Gasteiger partial charge in [0.25, 0.3) is 5.91 Å². The average molecular weight is 268 g/mol. The lowest BCUT2D eigenvalue weighted by molar-refractivity contribution is -0.402. The average Bonchev–Trinajstić information content (AvgIpc) is 2.87. The van der Waals surface area contributed by atoms with Crippen molar-refractivity contribution in [1.82, 2.24) is 4.90 Å². The van der Waals surface area contributed by atoms with Crippen molar-refractivity contribution >= 4 is 17.8 Å². The van der Waals surface area contributed by atoms with Gasteiger partial charge in [-0.3, -0.25) is 14.9 Å². The smallest absolute Gasteiger partial charge is 0.433 e. The highest BCUT2D eigenvalue weighted by Gasteiger charge is 2.34. The van der Waals surface area contributed by atoms with Gasteiger partial charge in [0, 0.05) is 6.54 Å². The van der Waals surface area contributed by atoms with E-state index >= 15 is 0 Å². The van der Waals surface area contributed by atoms with Crippen LogP contribution < -0.4 is 0 Å². The zero-order valence-corrected chi connectivity index (χ0v) is 9.94. The predicted molar refractivity (Wildman–Crippen MR) is 61.7 cm³/mol. The summed E-state index contributed by atoms with van der Waals surface area (Å²) in [5, 5.41) is 19.5. The van der Waals surface area contributed by atoms with Crippen molar-refractivity contribution in [3.05, 3.63) is 28.0 Å². The van der Waals surface area contributed by atoms with E-state index in [9.17, 15) is 19.7 Å². The van der Waals surface area contributed by atoms with Gasteiger partial charge >= 0.3 is 11.9 Å². The van der Waals surface area contributed by atoms with Crippen LogP contribution in [0.3, 0.4) is 0 Å². The van der Waals surface area contributed by atoms with Gasteiger partial charge in [-0.2, -0.15) is 0 Å². The Hall–Kier alpha value is -2.38. The van der Waals surface area contributed by atoms with E-state index in [1.54, 1.807) is 0 Å². The van der Waals surface area contributed by atoms with Crippen LogP contribution in [0.25, 0.3) is 0 Å². The van der Waals surface area contributed by atoms with Gasteiger partial charge < -0.3 is 14.4 Å². The first kappa shape index (κ1) is 13.1. The molecule has 1 atom stereocenters. The Bertz CT molecular complexity index is 523. The standard InChI is InChI=1S/C11H12N2O6/c14-10(8-4-5-9(19-8)13(17)18)12-6-2-1-3-7(12)11(15)16/h4-5,7H,1-3,6H2,(H,15,16)/t7-/m1/s1. The molecule has 8 nitrogen and oxygen atoms in total. The number of carbonyl (C=O) groups excluding carboxylic acids is 1. The normalized spacial score (nSPS) is 19.2. The van der Waals surface area contributed by atoms with Gasteiger partial charge in [0.15, 0.2) is 5.76 Å². The molecule has 0 bridgehead atoms. The van der Waals surface area contributed by atoms with E-state index in [-0.39, 0.29) is 5.76 Å². The van der Waals surface area contributed by atoms with Crippen molar-refractivity contribution < 1.29 is 24.0 Å². The van der Waals surface area contributed by atoms with Crippen LogP contribution in [0.5, 0.6) is 0 Å². The SMILES string of the molecule is O=C(O)[C@H]1CCCCN1C(=O)c1ccc([N+](=O)[O-])o1. The Labute approximate surface area is 107 Å². The summed E-state index contributed by atoms with van der Waals surface area (Å²) < 4.78 is 4.80. The molecule has 2 rings (SSSR count). The number of rotatable bonds is 3. The third-order valence-electron chi connectivity index (χ3n) is 3.03. The van der Waals surface area contributed by atoms with Gasteiger partial charge in [-0.1, -0.05) is 0 Å². The van der Waals surface area contributed by atoms with Crippen molar-refractivity contribution in [2.45, 2.75) is 25.3 Å². The molecule has 0 unspecified atom stereocenters. The molecule has 0 spiro atoms. The summed E-state index contributed by atoms with van der Waals surface area (Å²) in [5.74, 6) is -2.44. The fourth-order valence-corrected chi connectivity index (χ4v) is 2.11. The molecule has 2 heterocycles. The van der Waals surface area contributed by atoms with Gasteiger partial charge in [0.05, 0.1) is 6.07 Å². The van der Waals surface area contributed by atoms with E-state index in [4.69, 9.17) is 9.52 Å². The highest BCUT2D eigenvalue weighted by Crippen LogP contribution is 2.22. The van der Waals surface area contributed by atoms with Crippen LogP contribution in [-0.4, -0.2) is 39.4 Å². The molecule has 1 saturated heterocycles. The first-order valence-electron chi connectivity index (χ1n) is 5.78. The molecule has 0 aliphatic carbocycles. The van der Waals surface area contributed by atoms with Gasteiger partial charge in [-0.25, -0.2) is 4.79 Å². The molecule has 1 aliphatic rings. The number of piperidine rings is 1. The fourth-order valence-electron chi connectivity index (χ4n) is 2.11. The van der Waals surface area contributed by atoms with Crippen molar-refractivity contribution in [2.24, 2.45) is 0 Å². The summed E-state index contributed by atoms with van der Waals surface area (Å²) in [6, 6.07) is 1.37. The van der Waals surface area contributed by atoms with Crippen LogP contribution in [-0.2, 0) is 4.79 Å². The number of carbonyl (C=O) groups is 2. The maximum Gasteiger partial charge on any atom is 0.433 e. The highest BCUT2D eigenvalue weighted by molar-refractivity contribution is 5.94. The minimum Gasteiger partial charge on any atom is -0.480 e. The second-order valence-corrected chi connectivity index (χ2v) is 4.24. The highest BCUT2D eigenvalue weighted by atomic mass is 16.6. The Morgan fingerprint density at radius 1 is 1.42 bits per heavy atom. The van der Waals surface area contributed by atoms with Crippen LogP contribution in [0.2, 0.25) is 0 Å². The Morgan fingerprint density at radius 2 is 2.16 bits per heavy atom. The molecule has 0 aromatic carbocycles. The third kappa shape index (κ3) is 2.56. The molecule has 1 aromatic heterocycles. The van der Waals surface area contributed by atoms with Crippen LogP contribution in [0.1, 0.15) is 29.8 Å². The molecule has 0 saturated carbocycles. The monoisotopic (exact) mass is 268 g/mol. The number of aliphatic carboxylic acids is 1. The summed E-state index contributed by atoms with van der Waals surface area (Å²) >= 11 is 0. The molecule has 1 amide bonds. The fraction of sp³-hybridized carbons (Fsp3) is 0.455. The minimum absolute atomic E-state index is 0.208. The zero-order valence-electron chi connectivity index (χ0n) is 9.94. The number of furan rings is 1. The molecule has 1 N–H and O–H groups in total. The van der Waals surface area contributed by atoms with Crippen molar-refractivity contribution in [1.29, 1.82) is 0 Å². The van der Waals surface area contributed by atoms with Gasteiger partial charge in [0.2, 0.25) is 0 Å². The maximum absolute atomic E-state index is 12.1.